The van der Waals surface area contributed by atoms with Crippen molar-refractivity contribution >= 4 is 38.8 Å². The fraction of sp³-hybridized carbons (Fsp3) is 0.115. The van der Waals surface area contributed by atoms with Crippen LogP contribution in [-0.4, -0.2) is 23.0 Å². The van der Waals surface area contributed by atoms with E-state index in [4.69, 9.17) is 9.15 Å². The fourth-order valence-electron chi connectivity index (χ4n) is 3.42. The number of carbonyl (C=O) groups excluding carboxylic acids is 1. The molecule has 0 spiro atoms. The van der Waals surface area contributed by atoms with Crippen LogP contribution in [0.1, 0.15) is 21.7 Å². The monoisotopic (exact) mass is 536 g/mol. The summed E-state index contributed by atoms with van der Waals surface area (Å²) in [6.45, 7) is 0.246. The molecule has 35 heavy (non-hydrogen) atoms. The van der Waals surface area contributed by atoms with Gasteiger partial charge in [0.1, 0.15) is 29.4 Å². The molecule has 9 heteroatoms. The van der Waals surface area contributed by atoms with Crippen molar-refractivity contribution in [2.75, 3.05) is 0 Å². The van der Waals surface area contributed by atoms with E-state index in [9.17, 15) is 19.5 Å². The summed E-state index contributed by atoms with van der Waals surface area (Å²) in [5.74, 6) is -1.84. The Morgan fingerprint density at radius 1 is 0.971 bits per heavy atom. The van der Waals surface area contributed by atoms with Crippen LogP contribution in [0.3, 0.4) is 0 Å². The van der Waals surface area contributed by atoms with Crippen LogP contribution in [0, 0.1) is 0 Å². The van der Waals surface area contributed by atoms with Gasteiger partial charge in [-0.3, -0.25) is 19.8 Å². The Balaban J connectivity index is 1.48. The van der Waals surface area contributed by atoms with Crippen molar-refractivity contribution in [2.45, 2.75) is 19.1 Å². The van der Waals surface area contributed by atoms with Crippen molar-refractivity contribution in [3.63, 3.8) is 0 Å². The number of nitrogens with one attached hydrogen (secondary N) is 2. The first kappa shape index (κ1) is 24.2. The predicted molar refractivity (Wildman–Crippen MR) is 133 cm³/mol. The molecule has 1 amide bonds. The average Bonchev–Trinajstić information content (AvgIpc) is 2.86. The highest BCUT2D eigenvalue weighted by molar-refractivity contribution is 9.10. The van der Waals surface area contributed by atoms with E-state index in [0.29, 0.717) is 5.75 Å². The Morgan fingerprint density at radius 2 is 1.71 bits per heavy atom. The molecule has 0 unspecified atom stereocenters. The highest BCUT2D eigenvalue weighted by atomic mass is 79.9. The van der Waals surface area contributed by atoms with E-state index in [-0.39, 0.29) is 29.8 Å². The first-order valence-electron chi connectivity index (χ1n) is 10.7. The summed E-state index contributed by atoms with van der Waals surface area (Å²) in [4.78, 5) is 37.0. The third-order valence-corrected chi connectivity index (χ3v) is 5.72. The molecule has 1 atom stereocenters. The SMILES string of the molecule is O=C(NN[C@@H](Cc1ccccc1)C(=O)O)c1cc(=O)c2c(OCc3ccc(Br)cc3)cccc2o1. The van der Waals surface area contributed by atoms with E-state index >= 15 is 0 Å². The van der Waals surface area contributed by atoms with Crippen LogP contribution in [0.5, 0.6) is 5.75 Å². The van der Waals surface area contributed by atoms with Gasteiger partial charge >= 0.3 is 11.9 Å². The van der Waals surface area contributed by atoms with Crippen molar-refractivity contribution in [3.8, 4) is 5.75 Å². The van der Waals surface area contributed by atoms with Gasteiger partial charge in [-0.25, -0.2) is 5.43 Å². The number of hydrogen-bond acceptors (Lipinski definition) is 6. The summed E-state index contributed by atoms with van der Waals surface area (Å²) in [6.07, 6.45) is 0.150. The maximum absolute atomic E-state index is 12.8. The second-order valence-corrected chi connectivity index (χ2v) is 8.61. The highest BCUT2D eigenvalue weighted by Crippen LogP contribution is 2.24. The summed E-state index contributed by atoms with van der Waals surface area (Å²) in [7, 11) is 0. The lowest BCUT2D eigenvalue weighted by Gasteiger charge is -2.15. The lowest BCUT2D eigenvalue weighted by molar-refractivity contribution is -0.139. The molecule has 3 N–H and O–H groups in total. The van der Waals surface area contributed by atoms with Crippen molar-refractivity contribution in [1.82, 2.24) is 10.9 Å². The Kier molecular flexibility index (Phi) is 7.59. The molecule has 0 saturated carbocycles. The number of halogens is 1. The summed E-state index contributed by atoms with van der Waals surface area (Å²) in [5, 5.41) is 9.69. The second-order valence-electron chi connectivity index (χ2n) is 7.70. The van der Waals surface area contributed by atoms with E-state index in [1.165, 1.54) is 0 Å². The standard InChI is InChI=1S/C26H21BrN2O6/c27-18-11-9-17(10-12-18)15-34-21-7-4-8-22-24(21)20(30)14-23(35-22)25(31)29-28-19(26(32)33)13-16-5-2-1-3-6-16/h1-12,14,19,28H,13,15H2,(H,29,31)(H,32,33)/t19-/m0/s1. The molecule has 0 radical (unpaired) electrons. The number of amides is 1. The third kappa shape index (κ3) is 6.14. The number of ether oxygens (including phenoxy) is 1. The van der Waals surface area contributed by atoms with Gasteiger partial charge in [0.25, 0.3) is 0 Å². The van der Waals surface area contributed by atoms with Gasteiger partial charge in [0.05, 0.1) is 0 Å². The number of carbonyl (C=O) groups is 2. The third-order valence-electron chi connectivity index (χ3n) is 5.19. The van der Waals surface area contributed by atoms with Crippen LogP contribution in [0.4, 0.5) is 0 Å². The molecule has 1 aromatic heterocycles. The predicted octanol–water partition coefficient (Wildman–Crippen LogP) is 4.06. The van der Waals surface area contributed by atoms with Crippen LogP contribution >= 0.6 is 15.9 Å². The molecule has 0 bridgehead atoms. The minimum absolute atomic E-state index is 0.150. The summed E-state index contributed by atoms with van der Waals surface area (Å²) in [6, 6.07) is 21.4. The molecule has 178 valence electrons. The van der Waals surface area contributed by atoms with Crippen LogP contribution in [0.15, 0.2) is 92.5 Å². The smallest absolute Gasteiger partial charge is 0.322 e. The summed E-state index contributed by atoms with van der Waals surface area (Å²) >= 11 is 3.38. The molecule has 4 aromatic rings. The lowest BCUT2D eigenvalue weighted by Crippen LogP contribution is -2.49. The van der Waals surface area contributed by atoms with Gasteiger partial charge in [-0.05, 0) is 35.4 Å². The number of hydrogen-bond donors (Lipinski definition) is 3. The average molecular weight is 537 g/mol. The maximum Gasteiger partial charge on any atom is 0.322 e. The molecule has 0 saturated heterocycles. The van der Waals surface area contributed by atoms with Gasteiger partial charge in [-0.1, -0.05) is 64.5 Å². The van der Waals surface area contributed by atoms with Gasteiger partial charge in [-0.15, -0.1) is 0 Å². The van der Waals surface area contributed by atoms with Gasteiger partial charge in [0.2, 0.25) is 0 Å². The molecule has 3 aromatic carbocycles. The molecule has 0 fully saturated rings. The Bertz CT molecular complexity index is 1400. The fourth-order valence-corrected chi connectivity index (χ4v) is 3.68. The van der Waals surface area contributed by atoms with E-state index in [0.717, 1.165) is 21.7 Å². The van der Waals surface area contributed by atoms with Crippen molar-refractivity contribution in [1.29, 1.82) is 0 Å². The Labute approximate surface area is 208 Å². The van der Waals surface area contributed by atoms with Crippen LogP contribution in [-0.2, 0) is 17.8 Å². The number of aliphatic carboxylic acids is 1. The minimum Gasteiger partial charge on any atom is -0.488 e. The van der Waals surface area contributed by atoms with E-state index in [2.05, 4.69) is 26.8 Å². The van der Waals surface area contributed by atoms with E-state index < -0.39 is 23.3 Å². The number of benzene rings is 3. The van der Waals surface area contributed by atoms with Crippen molar-refractivity contribution in [3.05, 3.63) is 110 Å². The summed E-state index contributed by atoms with van der Waals surface area (Å²) < 4.78 is 12.4. The van der Waals surface area contributed by atoms with Crippen LogP contribution in [0.25, 0.3) is 11.0 Å². The Morgan fingerprint density at radius 3 is 2.43 bits per heavy atom. The van der Waals surface area contributed by atoms with Gasteiger partial charge in [0.15, 0.2) is 11.2 Å². The van der Waals surface area contributed by atoms with Gasteiger partial charge in [0, 0.05) is 17.0 Å². The number of carboxylic acid groups (broad SMARTS) is 1. The molecule has 0 aliphatic rings. The molecular formula is C26H21BrN2O6. The normalized spacial score (nSPS) is 11.7. The zero-order valence-corrected chi connectivity index (χ0v) is 19.9. The number of hydrazine groups is 1. The van der Waals surface area contributed by atoms with Crippen molar-refractivity contribution < 1.29 is 23.8 Å². The largest absolute Gasteiger partial charge is 0.488 e. The quantitative estimate of drug-likeness (QED) is 0.276. The zero-order valence-electron chi connectivity index (χ0n) is 18.4. The Hall–Kier alpha value is -3.95. The minimum atomic E-state index is -1.14. The number of rotatable bonds is 9. The van der Waals surface area contributed by atoms with E-state index in [1.54, 1.807) is 42.5 Å². The number of carboxylic acids is 1. The molecule has 0 aliphatic heterocycles. The molecule has 0 aliphatic carbocycles. The van der Waals surface area contributed by atoms with Gasteiger partial charge < -0.3 is 14.3 Å². The maximum atomic E-state index is 12.8. The van der Waals surface area contributed by atoms with Gasteiger partial charge in [-0.2, -0.15) is 0 Å². The van der Waals surface area contributed by atoms with Crippen LogP contribution in [0.2, 0.25) is 0 Å². The molecular weight excluding hydrogens is 516 g/mol. The zero-order chi connectivity index (χ0) is 24.8. The van der Waals surface area contributed by atoms with Crippen LogP contribution < -0.4 is 21.0 Å². The molecule has 1 heterocycles. The summed E-state index contributed by atoms with van der Waals surface area (Å²) in [5.41, 5.74) is 6.24. The lowest BCUT2D eigenvalue weighted by atomic mass is 10.1. The molecule has 8 nitrogen and oxygen atoms in total. The topological polar surface area (TPSA) is 118 Å². The highest BCUT2D eigenvalue weighted by Gasteiger charge is 2.20. The second kappa shape index (κ2) is 11.0. The molecule has 4 rings (SSSR count). The first-order valence-corrected chi connectivity index (χ1v) is 11.5. The first-order chi connectivity index (χ1) is 16.9. The number of fused-ring (bicyclic) bond motifs is 1. The van der Waals surface area contributed by atoms with E-state index in [1.807, 2.05) is 30.3 Å². The van der Waals surface area contributed by atoms with Crippen molar-refractivity contribution in [2.24, 2.45) is 0 Å².